The van der Waals surface area contributed by atoms with Crippen LogP contribution in [0.2, 0.25) is 20.1 Å². The van der Waals surface area contributed by atoms with E-state index in [0.717, 1.165) is 64.0 Å². The van der Waals surface area contributed by atoms with Gasteiger partial charge in [-0.15, -0.1) is 40.8 Å². The molecule has 24 nitrogen and oxygen atoms in total. The molecule has 30 heteroatoms. The lowest BCUT2D eigenvalue weighted by atomic mass is 10.1. The lowest BCUT2D eigenvalue weighted by molar-refractivity contribution is -0.141. The number of rotatable bonds is 16. The molecule has 3 aliphatic rings. The van der Waals surface area contributed by atoms with E-state index in [0.29, 0.717) is 136 Å². The summed E-state index contributed by atoms with van der Waals surface area (Å²) in [6.45, 7) is 2.61. The van der Waals surface area contributed by atoms with Gasteiger partial charge in [0.25, 0.3) is 0 Å². The number of amides is 3. The number of carbonyl (C=O) groups excluding carboxylic acids is 4. The molecule has 118 heavy (non-hydrogen) atoms. The monoisotopic (exact) mass is 1650 g/mol. The predicted octanol–water partition coefficient (Wildman–Crippen LogP) is 16.8. The molecule has 3 amide bonds. The fourth-order valence-electron chi connectivity index (χ4n) is 14.1. The molecule has 3 saturated heterocycles. The Labute approximate surface area is 694 Å². The van der Waals surface area contributed by atoms with Crippen LogP contribution >= 0.6 is 46.4 Å². The van der Waals surface area contributed by atoms with Crippen LogP contribution in [-0.4, -0.2) is 177 Å². The number of carbonyl (C=O) groups is 4. The van der Waals surface area contributed by atoms with Crippen LogP contribution in [-0.2, 0) is 50.1 Å². The number of fused-ring (bicyclic) bond motifs is 4. The van der Waals surface area contributed by atoms with Gasteiger partial charge >= 0.3 is 5.97 Å². The quantitative estimate of drug-likeness (QED) is 0.0814. The normalized spacial score (nSPS) is 14.3. The third kappa shape index (κ3) is 16.7. The second kappa shape index (κ2) is 35.5. The van der Waals surface area contributed by atoms with Crippen molar-refractivity contribution in [1.82, 2.24) is 94.6 Å². The summed E-state index contributed by atoms with van der Waals surface area (Å²) >= 11 is 27.2. The predicted molar refractivity (Wildman–Crippen MR) is 450 cm³/mol. The van der Waals surface area contributed by atoms with Crippen molar-refractivity contribution in [3.8, 4) is 90.1 Å². The number of benzene rings is 8. The molecule has 0 aliphatic carbocycles. The molecule has 0 bridgehead atoms. The van der Waals surface area contributed by atoms with Crippen LogP contribution in [0.1, 0.15) is 19.3 Å². The van der Waals surface area contributed by atoms with E-state index < -0.39 is 18.3 Å². The molecule has 590 valence electrons. The minimum atomic E-state index is -0.971. The summed E-state index contributed by atoms with van der Waals surface area (Å²) < 4.78 is 38.0. The number of alkyl halides is 2. The van der Waals surface area contributed by atoms with Crippen molar-refractivity contribution in [3.05, 3.63) is 263 Å². The Morgan fingerprint density at radius 3 is 0.737 bits per heavy atom. The Bertz CT molecular complexity index is 6120. The minimum Gasteiger partial charge on any atom is -0.468 e. The van der Waals surface area contributed by atoms with Gasteiger partial charge in [0.15, 0.2) is 22.6 Å². The molecule has 0 unspecified atom stereocenters. The Morgan fingerprint density at radius 2 is 0.534 bits per heavy atom. The fourth-order valence-corrected chi connectivity index (χ4v) is 15.4. The van der Waals surface area contributed by atoms with Gasteiger partial charge in [-0.3, -0.25) is 19.2 Å². The van der Waals surface area contributed by atoms with Crippen LogP contribution in [0.5, 0.6) is 0 Å². The highest BCUT2D eigenvalue weighted by Crippen LogP contribution is 2.42. The van der Waals surface area contributed by atoms with Crippen LogP contribution in [0.3, 0.4) is 0 Å². The second-order valence-corrected chi connectivity index (χ2v) is 29.5. The molecule has 8 aromatic carbocycles. The van der Waals surface area contributed by atoms with Gasteiger partial charge in [-0.2, -0.15) is 20.4 Å². The minimum absolute atomic E-state index is 0.0327. The molecule has 0 saturated carbocycles. The Hall–Kier alpha value is -13.1. The van der Waals surface area contributed by atoms with Crippen molar-refractivity contribution in [2.75, 3.05) is 46.4 Å². The summed E-state index contributed by atoms with van der Waals surface area (Å²) in [5.41, 5.74) is 13.6. The fraction of sp³-hybridized carbons (Fsp3) is 0.182. The van der Waals surface area contributed by atoms with E-state index in [1.807, 2.05) is 248 Å². The lowest BCUT2D eigenvalue weighted by Crippen LogP contribution is -2.43. The average Bonchev–Trinajstić information content (AvgIpc) is 1.61. The van der Waals surface area contributed by atoms with Gasteiger partial charge in [0.05, 0.1) is 61.8 Å². The molecule has 8 aromatic heterocycles. The van der Waals surface area contributed by atoms with Gasteiger partial charge in [0, 0.05) is 70.7 Å². The van der Waals surface area contributed by atoms with Crippen LogP contribution in [0.15, 0.2) is 243 Å². The smallest absolute Gasteiger partial charge is 0.327 e. The summed E-state index contributed by atoms with van der Waals surface area (Å²) in [6, 6.07) is 77.1. The molecule has 16 aromatic rings. The van der Waals surface area contributed by atoms with Crippen molar-refractivity contribution < 1.29 is 32.7 Å². The molecule has 0 N–H and O–H groups in total. The maximum Gasteiger partial charge on any atom is 0.327 e. The average molecular weight is 1650 g/mol. The Morgan fingerprint density at radius 1 is 0.314 bits per heavy atom. The third-order valence-electron chi connectivity index (χ3n) is 20.3. The van der Waals surface area contributed by atoms with Gasteiger partial charge in [-0.1, -0.05) is 289 Å². The van der Waals surface area contributed by atoms with Crippen LogP contribution < -0.4 is 0 Å². The molecule has 2 atom stereocenters. The maximum atomic E-state index is 13.6. The zero-order chi connectivity index (χ0) is 81.3. The number of hydrogen-bond acceptors (Lipinski definition) is 17. The number of methoxy groups -OCH3 is 1. The van der Waals surface area contributed by atoms with E-state index in [9.17, 15) is 28.0 Å². The number of ether oxygens (including phenoxy) is 1. The van der Waals surface area contributed by atoms with Gasteiger partial charge < -0.3 is 19.4 Å². The maximum absolute atomic E-state index is 13.6. The van der Waals surface area contributed by atoms with E-state index in [-0.39, 0.29) is 57.0 Å². The second-order valence-electron chi connectivity index (χ2n) is 28.0. The summed E-state index contributed by atoms with van der Waals surface area (Å²) in [6.07, 6.45) is -0.158. The first-order chi connectivity index (χ1) is 57.6. The van der Waals surface area contributed by atoms with Crippen LogP contribution in [0, 0.1) is 0 Å². The number of nitrogens with zero attached hydrogens (tertiary/aromatic N) is 19. The molecule has 0 spiro atoms. The number of aromatic nitrogens is 16. The molecular formula is C88H71Cl4F2N19O5. The summed E-state index contributed by atoms with van der Waals surface area (Å²) in [4.78, 5) is 54.7. The highest BCUT2D eigenvalue weighted by atomic mass is 35.5. The van der Waals surface area contributed by atoms with Crippen LogP contribution in [0.4, 0.5) is 8.78 Å². The molecule has 11 heterocycles. The van der Waals surface area contributed by atoms with E-state index in [2.05, 4.69) is 56.1 Å². The van der Waals surface area contributed by atoms with E-state index in [1.54, 1.807) is 4.68 Å². The summed E-state index contributed by atoms with van der Waals surface area (Å²) in [5, 5.41) is 57.9. The van der Waals surface area contributed by atoms with E-state index >= 15 is 0 Å². The Balaban J connectivity index is 0.000000118. The third-order valence-corrected chi connectivity index (χ3v) is 21.8. The first-order valence-corrected chi connectivity index (χ1v) is 39.5. The zero-order valence-electron chi connectivity index (χ0n) is 63.2. The van der Waals surface area contributed by atoms with Crippen molar-refractivity contribution in [2.45, 2.75) is 57.8 Å². The number of likely N-dealkylation sites (tertiary alicyclic amines) is 3. The largest absolute Gasteiger partial charge is 0.468 e. The van der Waals surface area contributed by atoms with Crippen molar-refractivity contribution in [3.63, 3.8) is 0 Å². The van der Waals surface area contributed by atoms with Gasteiger partial charge in [-0.05, 0) is 19.3 Å². The molecular weight excluding hydrogens is 1580 g/mol. The highest BCUT2D eigenvalue weighted by molar-refractivity contribution is 6.40. The van der Waals surface area contributed by atoms with E-state index in [4.69, 9.17) is 56.2 Å². The molecule has 3 fully saturated rings. The summed E-state index contributed by atoms with van der Waals surface area (Å²) in [7, 11) is 1.33. The number of halogens is 6. The van der Waals surface area contributed by atoms with Crippen molar-refractivity contribution in [2.24, 2.45) is 0 Å². The van der Waals surface area contributed by atoms with Gasteiger partial charge in [-0.25, -0.2) is 27.5 Å². The molecule has 3 aliphatic heterocycles. The highest BCUT2D eigenvalue weighted by Gasteiger charge is 2.32. The number of esters is 1. The van der Waals surface area contributed by atoms with E-state index in [1.165, 1.54) is 31.0 Å². The molecule has 19 rings (SSSR count). The lowest BCUT2D eigenvalue weighted by Gasteiger charge is -2.30. The topological polar surface area (TPSA) is 262 Å². The standard InChI is InChI=1S/2C23H19ClFN5O.C22H18ClN5O.C20H15ClN4O2/c2*24-20-19-21(15-7-3-1-4-8-15)28-30(14-18(31)29-12-11-17(25)13-29)23(19)27-26-22(20)16-9-5-2-6-10-16;23-19-18-20(15-8-3-1-4-9-15)26-28(14-17(29)27-12-7-13-27)22(18)25-24-21(19)16-10-5-2-6-11-16;1-27-15(26)12-25-20-16(18(24-25)13-8-4-2-5-9-13)17(21)19(22-23-20)14-10-6-3-7-11-14/h2*1-10,17H,11-14H2;1-6,8-11H,7,12-14H2;2-11H,12H2,1H3/t2*17-;;/m10../s1. The molecule has 0 radical (unpaired) electrons. The zero-order valence-corrected chi connectivity index (χ0v) is 66.3. The summed E-state index contributed by atoms with van der Waals surface area (Å²) in [5.74, 6) is -0.794. The van der Waals surface area contributed by atoms with Crippen LogP contribution in [0.25, 0.3) is 134 Å². The van der Waals surface area contributed by atoms with Crippen molar-refractivity contribution in [1.29, 1.82) is 0 Å². The van der Waals surface area contributed by atoms with Gasteiger partial charge in [0.2, 0.25) is 17.7 Å². The van der Waals surface area contributed by atoms with Crippen molar-refractivity contribution >= 4 is 114 Å². The number of hydrogen-bond donors (Lipinski definition) is 0. The first-order valence-electron chi connectivity index (χ1n) is 38.0. The first kappa shape index (κ1) is 78.7. The SMILES string of the molecule is COC(=O)Cn1nc(-c2ccccc2)c2c(Cl)c(-c3ccccc3)nnc21.O=C(Cn1nc(-c2ccccc2)c2c(Cl)c(-c3ccccc3)nnc21)N1CCC1.O=C(Cn1nc(-c2ccccc2)c2c(Cl)c(-c3ccccc3)nnc21)N1CC[C@@H](F)C1.O=C(Cn1nc(-c2ccccc2)c2c(Cl)c(-c3ccccc3)nnc21)N1CC[C@H](F)C1. The van der Waals surface area contributed by atoms with Gasteiger partial charge in [0.1, 0.15) is 84.1 Å². The Kier molecular flexibility index (Phi) is 23.7.